The maximum absolute atomic E-state index is 12.0. The third-order valence-corrected chi connectivity index (χ3v) is 2.66. The summed E-state index contributed by atoms with van der Waals surface area (Å²) in [6.45, 7) is 8.35. The van der Waals surface area contributed by atoms with Crippen LogP contribution in [0.1, 0.15) is 43.6 Å². The van der Waals surface area contributed by atoms with Crippen molar-refractivity contribution in [1.82, 2.24) is 0 Å². The lowest BCUT2D eigenvalue weighted by Gasteiger charge is -2.24. The van der Waals surface area contributed by atoms with Crippen molar-refractivity contribution in [3.8, 4) is 5.75 Å². The smallest absolute Gasteiger partial charge is 0.342 e. The van der Waals surface area contributed by atoms with E-state index >= 15 is 0 Å². The molecule has 0 heterocycles. The number of ether oxygens (including phenoxy) is 2. The van der Waals surface area contributed by atoms with Gasteiger partial charge in [-0.2, -0.15) is 0 Å². The van der Waals surface area contributed by atoms with Crippen LogP contribution in [-0.2, 0) is 10.2 Å². The van der Waals surface area contributed by atoms with Gasteiger partial charge < -0.3 is 14.6 Å². The van der Waals surface area contributed by atoms with Crippen molar-refractivity contribution >= 4 is 5.97 Å². The first-order valence-electron chi connectivity index (χ1n) is 6.46. The van der Waals surface area contributed by atoms with Crippen molar-refractivity contribution in [1.29, 1.82) is 0 Å². The van der Waals surface area contributed by atoms with Gasteiger partial charge in [-0.3, -0.25) is 0 Å². The predicted molar refractivity (Wildman–Crippen MR) is 73.7 cm³/mol. The quantitative estimate of drug-likeness (QED) is 0.832. The third-order valence-electron chi connectivity index (χ3n) is 2.66. The lowest BCUT2D eigenvalue weighted by Crippen LogP contribution is -2.17. The molecule has 0 saturated carbocycles. The monoisotopic (exact) mass is 266 g/mol. The largest absolute Gasteiger partial charge is 0.493 e. The van der Waals surface area contributed by atoms with Crippen LogP contribution in [0.25, 0.3) is 0 Å². The molecule has 0 bridgehead atoms. The topological polar surface area (TPSA) is 55.8 Å². The molecule has 19 heavy (non-hydrogen) atoms. The molecule has 0 aliphatic carbocycles. The number of hydrogen-bond acceptors (Lipinski definition) is 4. The molecule has 0 radical (unpaired) electrons. The second kappa shape index (κ2) is 6.57. The second-order valence-corrected chi connectivity index (χ2v) is 5.22. The van der Waals surface area contributed by atoms with Gasteiger partial charge in [0.15, 0.2) is 0 Å². The number of aliphatic hydroxyl groups excluding tert-OH is 1. The van der Waals surface area contributed by atoms with E-state index in [1.54, 1.807) is 6.07 Å². The first-order valence-corrected chi connectivity index (χ1v) is 6.46. The van der Waals surface area contributed by atoms with E-state index in [4.69, 9.17) is 14.6 Å². The number of para-hydroxylation sites is 1. The maximum atomic E-state index is 12.0. The molecule has 1 aromatic rings. The van der Waals surface area contributed by atoms with Crippen molar-refractivity contribution in [3.63, 3.8) is 0 Å². The zero-order valence-electron chi connectivity index (χ0n) is 12.0. The molecule has 4 nitrogen and oxygen atoms in total. The summed E-state index contributed by atoms with van der Waals surface area (Å²) in [4.78, 5) is 12.0. The molecule has 0 fully saturated rings. The van der Waals surface area contributed by atoms with E-state index in [2.05, 4.69) is 20.8 Å². The van der Waals surface area contributed by atoms with Gasteiger partial charge in [-0.25, -0.2) is 4.79 Å². The molecule has 1 aromatic carbocycles. The van der Waals surface area contributed by atoms with Gasteiger partial charge in [0.2, 0.25) is 0 Å². The molecular formula is C15H22O4. The second-order valence-electron chi connectivity index (χ2n) is 5.22. The summed E-state index contributed by atoms with van der Waals surface area (Å²) in [5, 5.41) is 8.71. The number of carbonyl (C=O) groups is 1. The highest BCUT2D eigenvalue weighted by Gasteiger charge is 2.24. The number of esters is 1. The van der Waals surface area contributed by atoms with Crippen LogP contribution < -0.4 is 4.74 Å². The van der Waals surface area contributed by atoms with Crippen LogP contribution in [0.4, 0.5) is 0 Å². The highest BCUT2D eigenvalue weighted by molar-refractivity contribution is 5.93. The van der Waals surface area contributed by atoms with Gasteiger partial charge in [0, 0.05) is 5.56 Å². The van der Waals surface area contributed by atoms with Crippen LogP contribution >= 0.6 is 0 Å². The molecule has 0 aliphatic rings. The normalized spacial score (nSPS) is 11.2. The van der Waals surface area contributed by atoms with Crippen molar-refractivity contribution in [2.45, 2.75) is 33.1 Å². The molecule has 4 heteroatoms. The minimum atomic E-state index is -0.469. The fourth-order valence-corrected chi connectivity index (χ4v) is 1.80. The number of benzene rings is 1. The standard InChI is InChI=1S/C15H22O4/c1-5-18-13-11(14(17)19-10-9-16)7-6-8-12(13)15(2,3)4/h6-8,16H,5,9-10H2,1-4H3. The van der Waals surface area contributed by atoms with Crippen molar-refractivity contribution < 1.29 is 19.4 Å². The number of carbonyl (C=O) groups excluding carboxylic acids is 1. The summed E-state index contributed by atoms with van der Waals surface area (Å²) >= 11 is 0. The van der Waals surface area contributed by atoms with E-state index in [1.165, 1.54) is 0 Å². The van der Waals surface area contributed by atoms with Crippen molar-refractivity contribution in [2.24, 2.45) is 0 Å². The van der Waals surface area contributed by atoms with E-state index in [-0.39, 0.29) is 18.6 Å². The average molecular weight is 266 g/mol. The van der Waals surface area contributed by atoms with Gasteiger partial charge in [-0.1, -0.05) is 32.9 Å². The Morgan fingerprint density at radius 1 is 1.32 bits per heavy atom. The SMILES string of the molecule is CCOc1c(C(=O)OCCO)cccc1C(C)(C)C. The molecule has 0 saturated heterocycles. The van der Waals surface area contributed by atoms with Gasteiger partial charge in [-0.05, 0) is 18.4 Å². The molecule has 0 atom stereocenters. The first kappa shape index (κ1) is 15.5. The Morgan fingerprint density at radius 3 is 2.53 bits per heavy atom. The Balaban J connectivity index is 3.20. The van der Waals surface area contributed by atoms with Crippen LogP contribution in [0, 0.1) is 0 Å². The Hall–Kier alpha value is -1.55. The van der Waals surface area contributed by atoms with Crippen LogP contribution in [0.2, 0.25) is 0 Å². The fraction of sp³-hybridized carbons (Fsp3) is 0.533. The van der Waals surface area contributed by atoms with Crippen LogP contribution in [-0.4, -0.2) is 30.9 Å². The highest BCUT2D eigenvalue weighted by atomic mass is 16.5. The van der Waals surface area contributed by atoms with Gasteiger partial charge >= 0.3 is 5.97 Å². The third kappa shape index (κ3) is 3.96. The molecule has 1 N–H and O–H groups in total. The number of hydrogen-bond donors (Lipinski definition) is 1. The number of rotatable bonds is 5. The van der Waals surface area contributed by atoms with Crippen LogP contribution in [0.3, 0.4) is 0 Å². The average Bonchev–Trinajstić information content (AvgIpc) is 2.35. The zero-order valence-corrected chi connectivity index (χ0v) is 12.0. The predicted octanol–water partition coefficient (Wildman–Crippen LogP) is 2.53. The zero-order chi connectivity index (χ0) is 14.5. The van der Waals surface area contributed by atoms with E-state index in [0.717, 1.165) is 5.56 Å². The summed E-state index contributed by atoms with van der Waals surface area (Å²) in [6.07, 6.45) is 0. The van der Waals surface area contributed by atoms with Gasteiger partial charge in [0.25, 0.3) is 0 Å². The summed E-state index contributed by atoms with van der Waals surface area (Å²) in [7, 11) is 0. The van der Waals surface area contributed by atoms with Gasteiger partial charge in [0.05, 0.1) is 13.2 Å². The molecule has 0 aliphatic heterocycles. The minimum Gasteiger partial charge on any atom is -0.493 e. The molecule has 0 unspecified atom stereocenters. The lowest BCUT2D eigenvalue weighted by molar-refractivity contribution is 0.0429. The van der Waals surface area contributed by atoms with E-state index in [1.807, 2.05) is 19.1 Å². The summed E-state index contributed by atoms with van der Waals surface area (Å²) in [6, 6.07) is 5.45. The Morgan fingerprint density at radius 2 is 2.00 bits per heavy atom. The maximum Gasteiger partial charge on any atom is 0.342 e. The molecule has 1 rings (SSSR count). The molecule has 0 spiro atoms. The fourth-order valence-electron chi connectivity index (χ4n) is 1.80. The van der Waals surface area contributed by atoms with E-state index in [0.29, 0.717) is 17.9 Å². The minimum absolute atomic E-state index is 0.00978. The summed E-state index contributed by atoms with van der Waals surface area (Å²) in [5.74, 6) is 0.101. The molecule has 0 aromatic heterocycles. The lowest BCUT2D eigenvalue weighted by atomic mass is 9.85. The Kier molecular flexibility index (Phi) is 5.36. The first-order chi connectivity index (χ1) is 8.91. The van der Waals surface area contributed by atoms with Crippen molar-refractivity contribution in [2.75, 3.05) is 19.8 Å². The Bertz CT molecular complexity index is 432. The Labute approximate surface area is 114 Å². The molecule has 0 amide bonds. The summed E-state index contributed by atoms with van der Waals surface area (Å²) < 4.78 is 10.6. The van der Waals surface area contributed by atoms with E-state index in [9.17, 15) is 4.79 Å². The molecular weight excluding hydrogens is 244 g/mol. The summed E-state index contributed by atoms with van der Waals surface area (Å²) in [5.41, 5.74) is 1.24. The van der Waals surface area contributed by atoms with Gasteiger partial charge in [-0.15, -0.1) is 0 Å². The van der Waals surface area contributed by atoms with Crippen LogP contribution in [0.15, 0.2) is 18.2 Å². The van der Waals surface area contributed by atoms with Crippen molar-refractivity contribution in [3.05, 3.63) is 29.3 Å². The van der Waals surface area contributed by atoms with Gasteiger partial charge in [0.1, 0.15) is 17.9 Å². The van der Waals surface area contributed by atoms with Crippen LogP contribution in [0.5, 0.6) is 5.75 Å². The number of aliphatic hydroxyl groups is 1. The van der Waals surface area contributed by atoms with E-state index < -0.39 is 5.97 Å². The highest BCUT2D eigenvalue weighted by Crippen LogP contribution is 2.34. The molecule has 106 valence electrons.